The number of aromatic hydroxyl groups is 2. The zero-order chi connectivity index (χ0) is 17.0. The number of nitro groups is 1. The zero-order valence-electron chi connectivity index (χ0n) is 12.1. The summed E-state index contributed by atoms with van der Waals surface area (Å²) in [6.07, 6.45) is 3.23. The average molecular weight is 315 g/mol. The number of methoxy groups -OCH3 is 1. The Labute approximate surface area is 131 Å². The second-order valence-electron chi connectivity index (χ2n) is 4.61. The van der Waals surface area contributed by atoms with E-state index in [0.29, 0.717) is 11.1 Å². The van der Waals surface area contributed by atoms with Crippen LogP contribution in [-0.2, 0) is 4.74 Å². The molecule has 0 amide bonds. The van der Waals surface area contributed by atoms with Crippen LogP contribution in [0.25, 0.3) is 12.2 Å². The number of carbonyl (C=O) groups is 1. The standard InChI is InChI=1S/C16H13NO6/c1-23-16(20)12-6-4-10(5-7-12)2-3-11-8-13(18)15(17(21)22)14(19)9-11/h2-9,18-19H,1H3. The number of rotatable bonds is 4. The van der Waals surface area contributed by atoms with Crippen LogP contribution in [0.5, 0.6) is 11.5 Å². The minimum Gasteiger partial charge on any atom is -0.502 e. The van der Waals surface area contributed by atoms with Crippen LogP contribution in [0, 0.1) is 10.1 Å². The quantitative estimate of drug-likeness (QED) is 0.388. The first-order valence-corrected chi connectivity index (χ1v) is 6.49. The Balaban J connectivity index is 2.23. The van der Waals surface area contributed by atoms with Gasteiger partial charge in [0.25, 0.3) is 0 Å². The third kappa shape index (κ3) is 3.65. The van der Waals surface area contributed by atoms with Crippen LogP contribution in [0.4, 0.5) is 5.69 Å². The van der Waals surface area contributed by atoms with Crippen molar-refractivity contribution in [1.82, 2.24) is 0 Å². The molecule has 0 fully saturated rings. The lowest BCUT2D eigenvalue weighted by Gasteiger charge is -2.02. The van der Waals surface area contributed by atoms with E-state index in [1.807, 2.05) is 0 Å². The third-order valence-electron chi connectivity index (χ3n) is 3.07. The van der Waals surface area contributed by atoms with Crippen LogP contribution in [0.3, 0.4) is 0 Å². The zero-order valence-corrected chi connectivity index (χ0v) is 12.1. The van der Waals surface area contributed by atoms with Crippen LogP contribution < -0.4 is 0 Å². The summed E-state index contributed by atoms with van der Waals surface area (Å²) in [6.45, 7) is 0. The van der Waals surface area contributed by atoms with Crippen LogP contribution in [0.15, 0.2) is 36.4 Å². The van der Waals surface area contributed by atoms with Gasteiger partial charge in [0.05, 0.1) is 17.6 Å². The maximum atomic E-state index is 11.3. The minimum absolute atomic E-state index is 0.391. The van der Waals surface area contributed by atoms with E-state index in [2.05, 4.69) is 4.74 Å². The van der Waals surface area contributed by atoms with Gasteiger partial charge >= 0.3 is 11.7 Å². The summed E-state index contributed by atoms with van der Waals surface area (Å²) in [7, 11) is 1.30. The molecule has 0 bridgehead atoms. The lowest BCUT2D eigenvalue weighted by molar-refractivity contribution is -0.386. The van der Waals surface area contributed by atoms with E-state index in [1.165, 1.54) is 19.2 Å². The highest BCUT2D eigenvalue weighted by molar-refractivity contribution is 5.89. The van der Waals surface area contributed by atoms with Gasteiger partial charge in [-0.05, 0) is 35.4 Å². The van der Waals surface area contributed by atoms with Crippen molar-refractivity contribution < 1.29 is 24.7 Å². The molecule has 0 aromatic heterocycles. The predicted molar refractivity (Wildman–Crippen MR) is 83.1 cm³/mol. The van der Waals surface area contributed by atoms with E-state index in [0.717, 1.165) is 5.56 Å². The molecule has 0 aliphatic rings. The molecule has 2 N–H and O–H groups in total. The smallest absolute Gasteiger partial charge is 0.351 e. The molecule has 2 aromatic rings. The van der Waals surface area contributed by atoms with Crippen LogP contribution >= 0.6 is 0 Å². The molecule has 2 aromatic carbocycles. The lowest BCUT2D eigenvalue weighted by atomic mass is 10.1. The van der Waals surface area contributed by atoms with Gasteiger partial charge in [0.1, 0.15) is 0 Å². The van der Waals surface area contributed by atoms with Gasteiger partial charge in [-0.25, -0.2) is 4.79 Å². The summed E-state index contributed by atoms with van der Waals surface area (Å²) in [6, 6.07) is 8.92. The van der Waals surface area contributed by atoms with E-state index < -0.39 is 28.1 Å². The molecule has 7 heteroatoms. The lowest BCUT2D eigenvalue weighted by Crippen LogP contribution is -2.00. The minimum atomic E-state index is -0.857. The van der Waals surface area contributed by atoms with E-state index in [9.17, 15) is 25.1 Å². The molecule has 7 nitrogen and oxygen atoms in total. The molecule has 0 saturated heterocycles. The molecule has 118 valence electrons. The number of ether oxygens (including phenoxy) is 1. The number of hydrogen-bond acceptors (Lipinski definition) is 6. The van der Waals surface area contributed by atoms with Gasteiger partial charge in [-0.3, -0.25) is 10.1 Å². The Morgan fingerprint density at radius 1 is 1.09 bits per heavy atom. The molecule has 0 aliphatic carbocycles. The van der Waals surface area contributed by atoms with Crippen molar-refractivity contribution in [3.05, 3.63) is 63.2 Å². The third-order valence-corrected chi connectivity index (χ3v) is 3.07. The molecule has 2 rings (SSSR count). The SMILES string of the molecule is COC(=O)c1ccc(C=Cc2cc(O)c([N+](=O)[O-])c(O)c2)cc1. The molecule has 0 atom stereocenters. The molecule has 0 radical (unpaired) electrons. The molecular formula is C16H13NO6. The molecule has 23 heavy (non-hydrogen) atoms. The summed E-state index contributed by atoms with van der Waals surface area (Å²) in [5.41, 5.74) is 0.831. The van der Waals surface area contributed by atoms with E-state index in [1.54, 1.807) is 36.4 Å². The van der Waals surface area contributed by atoms with Crippen molar-refractivity contribution in [2.24, 2.45) is 0 Å². The molecule has 0 saturated carbocycles. The molecule has 0 heterocycles. The predicted octanol–water partition coefficient (Wildman–Crippen LogP) is 2.96. The van der Waals surface area contributed by atoms with Crippen molar-refractivity contribution in [2.75, 3.05) is 7.11 Å². The van der Waals surface area contributed by atoms with Crippen molar-refractivity contribution in [2.45, 2.75) is 0 Å². The van der Waals surface area contributed by atoms with E-state index in [-0.39, 0.29) is 0 Å². The van der Waals surface area contributed by atoms with Gasteiger partial charge in [-0.2, -0.15) is 0 Å². The Kier molecular flexibility index (Phi) is 4.61. The maximum absolute atomic E-state index is 11.3. The van der Waals surface area contributed by atoms with Crippen molar-refractivity contribution in [3.63, 3.8) is 0 Å². The van der Waals surface area contributed by atoms with Gasteiger partial charge in [-0.1, -0.05) is 24.3 Å². The Hall–Kier alpha value is -3.35. The first-order chi connectivity index (χ1) is 10.9. The molecule has 0 spiro atoms. The van der Waals surface area contributed by atoms with Crippen molar-refractivity contribution >= 4 is 23.8 Å². The number of esters is 1. The monoisotopic (exact) mass is 315 g/mol. The number of phenolic OH excluding ortho intramolecular Hbond substituents is 2. The fourth-order valence-electron chi connectivity index (χ4n) is 1.95. The Morgan fingerprint density at radius 3 is 2.09 bits per heavy atom. The highest BCUT2D eigenvalue weighted by Gasteiger charge is 2.19. The Morgan fingerprint density at radius 2 is 1.61 bits per heavy atom. The largest absolute Gasteiger partial charge is 0.502 e. The second kappa shape index (κ2) is 6.61. The topological polar surface area (TPSA) is 110 Å². The fourth-order valence-corrected chi connectivity index (χ4v) is 1.95. The average Bonchev–Trinajstić information content (AvgIpc) is 2.51. The highest BCUT2D eigenvalue weighted by atomic mass is 16.6. The Bertz CT molecular complexity index is 757. The second-order valence-corrected chi connectivity index (χ2v) is 4.61. The van der Waals surface area contributed by atoms with Crippen LogP contribution in [-0.4, -0.2) is 28.2 Å². The summed E-state index contributed by atoms with van der Waals surface area (Å²) in [5, 5.41) is 29.8. The summed E-state index contributed by atoms with van der Waals surface area (Å²) < 4.78 is 4.59. The summed E-state index contributed by atoms with van der Waals surface area (Å²) in [5.74, 6) is -1.67. The molecular weight excluding hydrogens is 302 g/mol. The number of nitrogens with zero attached hydrogens (tertiary/aromatic N) is 1. The number of hydrogen-bond donors (Lipinski definition) is 2. The van der Waals surface area contributed by atoms with Gasteiger partial charge in [0.15, 0.2) is 11.5 Å². The van der Waals surface area contributed by atoms with Crippen LogP contribution in [0.1, 0.15) is 21.5 Å². The number of carbonyl (C=O) groups excluding carboxylic acids is 1. The number of nitro benzene ring substituents is 1. The first-order valence-electron chi connectivity index (χ1n) is 6.49. The van der Waals surface area contributed by atoms with Gasteiger partial charge in [0.2, 0.25) is 0 Å². The van der Waals surface area contributed by atoms with E-state index in [4.69, 9.17) is 0 Å². The van der Waals surface area contributed by atoms with Gasteiger partial charge < -0.3 is 14.9 Å². The van der Waals surface area contributed by atoms with Gasteiger partial charge in [0, 0.05) is 0 Å². The normalized spacial score (nSPS) is 10.7. The van der Waals surface area contributed by atoms with Crippen LogP contribution in [0.2, 0.25) is 0 Å². The van der Waals surface area contributed by atoms with Crippen molar-refractivity contribution in [3.8, 4) is 11.5 Å². The molecule has 0 unspecified atom stereocenters. The highest BCUT2D eigenvalue weighted by Crippen LogP contribution is 2.36. The van der Waals surface area contributed by atoms with Crippen molar-refractivity contribution in [1.29, 1.82) is 0 Å². The van der Waals surface area contributed by atoms with E-state index >= 15 is 0 Å². The maximum Gasteiger partial charge on any atom is 0.351 e. The first kappa shape index (κ1) is 16.0. The number of phenols is 2. The fraction of sp³-hybridized carbons (Fsp3) is 0.0625. The number of benzene rings is 2. The van der Waals surface area contributed by atoms with Gasteiger partial charge in [-0.15, -0.1) is 0 Å². The molecule has 0 aliphatic heterocycles. The summed E-state index contributed by atoms with van der Waals surface area (Å²) >= 11 is 0. The summed E-state index contributed by atoms with van der Waals surface area (Å²) in [4.78, 5) is 21.1.